The number of amides is 1. The van der Waals surface area contributed by atoms with Crippen LogP contribution in [0.25, 0.3) is 0 Å². The summed E-state index contributed by atoms with van der Waals surface area (Å²) in [5.74, 6) is -0.134. The highest BCUT2D eigenvalue weighted by molar-refractivity contribution is 9.10. The third-order valence-corrected chi connectivity index (χ3v) is 4.47. The van der Waals surface area contributed by atoms with Gasteiger partial charge in [-0.25, -0.2) is 0 Å². The minimum Gasteiger partial charge on any atom is -0.345 e. The van der Waals surface area contributed by atoms with Gasteiger partial charge in [0.15, 0.2) is 0 Å². The maximum Gasteiger partial charge on any atom is 0.252 e. The van der Waals surface area contributed by atoms with Gasteiger partial charge in [0.2, 0.25) is 0 Å². The Hall–Kier alpha value is -0.840. The van der Waals surface area contributed by atoms with Gasteiger partial charge >= 0.3 is 0 Å². The van der Waals surface area contributed by atoms with Crippen molar-refractivity contribution in [3.8, 4) is 0 Å². The fourth-order valence-corrected chi connectivity index (χ4v) is 2.89. The molecule has 0 aliphatic carbocycles. The molecule has 5 heteroatoms. The molecule has 0 saturated carbocycles. The molecule has 0 bridgehead atoms. The fourth-order valence-electron chi connectivity index (χ4n) is 1.55. The van der Waals surface area contributed by atoms with E-state index in [4.69, 9.17) is 11.6 Å². The van der Waals surface area contributed by atoms with Crippen molar-refractivity contribution >= 4 is 44.8 Å². The standard InChI is InChI=1S/C13H11BrClNOS/c1-8(12-3-2-6-18-12)16-13(17)10-7-9(15)4-5-11(10)14/h2-8H,1H3,(H,16,17). The summed E-state index contributed by atoms with van der Waals surface area (Å²) in [6, 6.07) is 9.13. The van der Waals surface area contributed by atoms with Crippen LogP contribution in [-0.4, -0.2) is 5.91 Å². The van der Waals surface area contributed by atoms with E-state index in [2.05, 4.69) is 21.2 Å². The predicted octanol–water partition coefficient (Wildman–Crippen LogP) is 4.66. The van der Waals surface area contributed by atoms with Crippen LogP contribution >= 0.6 is 38.9 Å². The lowest BCUT2D eigenvalue weighted by Crippen LogP contribution is -2.26. The molecule has 2 rings (SSSR count). The van der Waals surface area contributed by atoms with Crippen LogP contribution in [-0.2, 0) is 0 Å². The van der Waals surface area contributed by atoms with Crippen LogP contribution in [0.1, 0.15) is 28.2 Å². The van der Waals surface area contributed by atoms with E-state index in [1.165, 1.54) is 0 Å². The number of carbonyl (C=O) groups excluding carboxylic acids is 1. The van der Waals surface area contributed by atoms with Crippen molar-refractivity contribution in [1.29, 1.82) is 0 Å². The van der Waals surface area contributed by atoms with Crippen molar-refractivity contribution in [3.05, 3.63) is 55.6 Å². The Balaban J connectivity index is 2.15. The highest BCUT2D eigenvalue weighted by atomic mass is 79.9. The zero-order chi connectivity index (χ0) is 13.1. The van der Waals surface area contributed by atoms with Gasteiger partial charge in [-0.05, 0) is 52.5 Å². The lowest BCUT2D eigenvalue weighted by Gasteiger charge is -2.13. The topological polar surface area (TPSA) is 29.1 Å². The molecular formula is C13H11BrClNOS. The number of benzene rings is 1. The average Bonchev–Trinajstić information content (AvgIpc) is 2.85. The second-order valence-corrected chi connectivity index (χ2v) is 6.10. The van der Waals surface area contributed by atoms with Gasteiger partial charge in [-0.15, -0.1) is 11.3 Å². The zero-order valence-electron chi connectivity index (χ0n) is 9.61. The molecule has 0 saturated heterocycles. The lowest BCUT2D eigenvalue weighted by atomic mass is 10.2. The Morgan fingerprint density at radius 1 is 1.44 bits per heavy atom. The maximum atomic E-state index is 12.1. The van der Waals surface area contributed by atoms with Crippen molar-refractivity contribution in [3.63, 3.8) is 0 Å². The van der Waals surface area contributed by atoms with Gasteiger partial charge in [-0.1, -0.05) is 17.7 Å². The van der Waals surface area contributed by atoms with Crippen molar-refractivity contribution < 1.29 is 4.79 Å². The summed E-state index contributed by atoms with van der Waals surface area (Å²) in [7, 11) is 0. The van der Waals surface area contributed by atoms with Gasteiger partial charge in [-0.3, -0.25) is 4.79 Å². The smallest absolute Gasteiger partial charge is 0.252 e. The number of thiophene rings is 1. The van der Waals surface area contributed by atoms with Crippen molar-refractivity contribution in [2.24, 2.45) is 0 Å². The highest BCUT2D eigenvalue weighted by Gasteiger charge is 2.14. The number of hydrogen-bond acceptors (Lipinski definition) is 2. The van der Waals surface area contributed by atoms with E-state index in [1.54, 1.807) is 29.5 Å². The largest absolute Gasteiger partial charge is 0.345 e. The summed E-state index contributed by atoms with van der Waals surface area (Å²) in [6.07, 6.45) is 0. The summed E-state index contributed by atoms with van der Waals surface area (Å²) in [6.45, 7) is 1.96. The van der Waals surface area contributed by atoms with Gasteiger partial charge in [0.1, 0.15) is 0 Å². The summed E-state index contributed by atoms with van der Waals surface area (Å²) < 4.78 is 0.739. The van der Waals surface area contributed by atoms with Crippen LogP contribution in [0.4, 0.5) is 0 Å². The lowest BCUT2D eigenvalue weighted by molar-refractivity contribution is 0.0939. The maximum absolute atomic E-state index is 12.1. The van der Waals surface area contributed by atoms with Gasteiger partial charge in [0.05, 0.1) is 11.6 Å². The van der Waals surface area contributed by atoms with Crippen LogP contribution in [0.3, 0.4) is 0 Å². The monoisotopic (exact) mass is 343 g/mol. The molecule has 0 radical (unpaired) electrons. The quantitative estimate of drug-likeness (QED) is 0.862. The number of hydrogen-bond donors (Lipinski definition) is 1. The Kier molecular flexibility index (Phi) is 4.43. The van der Waals surface area contributed by atoms with Crippen LogP contribution in [0.15, 0.2) is 40.2 Å². The molecular weight excluding hydrogens is 334 g/mol. The number of halogens is 2. The molecule has 0 aliphatic heterocycles. The van der Waals surface area contributed by atoms with Crippen LogP contribution in [0, 0.1) is 0 Å². The molecule has 0 fully saturated rings. The van der Waals surface area contributed by atoms with Gasteiger partial charge < -0.3 is 5.32 Å². The van der Waals surface area contributed by atoms with E-state index in [0.717, 1.165) is 9.35 Å². The molecule has 1 N–H and O–H groups in total. The minimum atomic E-state index is -0.134. The molecule has 18 heavy (non-hydrogen) atoms. The zero-order valence-corrected chi connectivity index (χ0v) is 12.8. The number of carbonyl (C=O) groups is 1. The minimum absolute atomic E-state index is 0.0108. The summed E-state index contributed by atoms with van der Waals surface area (Å²) in [4.78, 5) is 13.3. The molecule has 1 amide bonds. The van der Waals surface area contributed by atoms with E-state index in [1.807, 2.05) is 24.4 Å². The molecule has 2 nitrogen and oxygen atoms in total. The van der Waals surface area contributed by atoms with Crippen LogP contribution in [0.2, 0.25) is 5.02 Å². The summed E-state index contributed by atoms with van der Waals surface area (Å²) in [5.41, 5.74) is 0.547. The molecule has 1 heterocycles. The van der Waals surface area contributed by atoms with E-state index < -0.39 is 0 Å². The first-order valence-corrected chi connectivity index (χ1v) is 7.42. The third-order valence-electron chi connectivity index (χ3n) is 2.49. The number of nitrogens with one attached hydrogen (secondary N) is 1. The first-order valence-electron chi connectivity index (χ1n) is 5.37. The number of rotatable bonds is 3. The van der Waals surface area contributed by atoms with Gasteiger partial charge in [0, 0.05) is 14.4 Å². The van der Waals surface area contributed by atoms with Crippen molar-refractivity contribution in [2.75, 3.05) is 0 Å². The van der Waals surface area contributed by atoms with E-state index in [0.29, 0.717) is 10.6 Å². The molecule has 1 atom stereocenters. The first-order chi connectivity index (χ1) is 8.58. The molecule has 1 unspecified atom stereocenters. The van der Waals surface area contributed by atoms with Gasteiger partial charge in [0.25, 0.3) is 5.91 Å². The molecule has 2 aromatic rings. The Bertz CT molecular complexity index is 556. The summed E-state index contributed by atoms with van der Waals surface area (Å²) in [5, 5.41) is 5.49. The van der Waals surface area contributed by atoms with Crippen molar-refractivity contribution in [2.45, 2.75) is 13.0 Å². The first kappa shape index (κ1) is 13.6. The predicted molar refractivity (Wildman–Crippen MR) is 79.4 cm³/mol. The second-order valence-electron chi connectivity index (χ2n) is 3.83. The second kappa shape index (κ2) is 5.87. The highest BCUT2D eigenvalue weighted by Crippen LogP contribution is 2.23. The molecule has 1 aromatic carbocycles. The van der Waals surface area contributed by atoms with Crippen molar-refractivity contribution in [1.82, 2.24) is 5.32 Å². The van der Waals surface area contributed by atoms with E-state index in [-0.39, 0.29) is 11.9 Å². The normalized spacial score (nSPS) is 12.2. The van der Waals surface area contributed by atoms with E-state index >= 15 is 0 Å². The van der Waals surface area contributed by atoms with Crippen LogP contribution in [0.5, 0.6) is 0 Å². The molecule has 0 spiro atoms. The van der Waals surface area contributed by atoms with Gasteiger partial charge in [-0.2, -0.15) is 0 Å². The van der Waals surface area contributed by atoms with E-state index in [9.17, 15) is 4.79 Å². The summed E-state index contributed by atoms with van der Waals surface area (Å²) >= 11 is 10.9. The SMILES string of the molecule is CC(NC(=O)c1cc(Cl)ccc1Br)c1cccs1. The molecule has 0 aliphatic rings. The Morgan fingerprint density at radius 3 is 2.89 bits per heavy atom. The Labute approximate surface area is 123 Å². The van der Waals surface area contributed by atoms with Crippen LogP contribution < -0.4 is 5.32 Å². The molecule has 94 valence electrons. The average molecular weight is 345 g/mol. The Morgan fingerprint density at radius 2 is 2.22 bits per heavy atom. The third kappa shape index (κ3) is 3.13. The molecule has 1 aromatic heterocycles. The fraction of sp³-hybridized carbons (Fsp3) is 0.154.